The molecule has 0 saturated carbocycles. The van der Waals surface area contributed by atoms with E-state index in [0.717, 1.165) is 10.6 Å². The number of carbonyl (C=O) groups is 2. The number of tetrazole rings is 1. The first-order chi connectivity index (χ1) is 10.2. The first-order valence-electron chi connectivity index (χ1n) is 6.53. The number of carbonyl (C=O) groups excluding carboxylic acids is 2. The molecule has 1 aromatic heterocycles. The van der Waals surface area contributed by atoms with Crippen LogP contribution in [0.3, 0.4) is 0 Å². The molecule has 1 N–H and O–H groups in total. The van der Waals surface area contributed by atoms with E-state index in [-0.39, 0.29) is 18.2 Å². The Labute approximate surface area is 120 Å². The van der Waals surface area contributed by atoms with E-state index in [2.05, 4.69) is 20.8 Å². The van der Waals surface area contributed by atoms with Gasteiger partial charge >= 0.3 is 0 Å². The van der Waals surface area contributed by atoms with Crippen molar-refractivity contribution in [3.63, 3.8) is 0 Å². The molecule has 8 heteroatoms. The quantitative estimate of drug-likeness (QED) is 0.762. The van der Waals surface area contributed by atoms with Crippen LogP contribution in [-0.2, 0) is 16.1 Å². The van der Waals surface area contributed by atoms with E-state index in [9.17, 15) is 9.59 Å². The molecule has 0 spiro atoms. The summed E-state index contributed by atoms with van der Waals surface area (Å²) in [4.78, 5) is 24.4. The minimum absolute atomic E-state index is 0.169. The Balaban J connectivity index is 1.72. The van der Waals surface area contributed by atoms with Gasteiger partial charge in [-0.15, -0.1) is 5.10 Å². The van der Waals surface area contributed by atoms with Gasteiger partial charge in [0, 0.05) is 7.05 Å². The monoisotopic (exact) mass is 286 g/mol. The van der Waals surface area contributed by atoms with Gasteiger partial charge < -0.3 is 0 Å². The molecule has 0 aliphatic carbocycles. The zero-order valence-electron chi connectivity index (χ0n) is 11.4. The topological polar surface area (TPSA) is 93.0 Å². The smallest absolute Gasteiger partial charge is 0.246 e. The molecular weight excluding hydrogens is 272 g/mol. The molecule has 2 aromatic rings. The number of nitrogens with one attached hydrogen (secondary N) is 1. The van der Waals surface area contributed by atoms with Crippen LogP contribution < -0.4 is 5.32 Å². The van der Waals surface area contributed by atoms with Crippen LogP contribution in [-0.4, -0.2) is 50.0 Å². The molecular formula is C13H14N6O2. The fraction of sp³-hybridized carbons (Fsp3) is 0.308. The molecule has 2 heterocycles. The zero-order chi connectivity index (χ0) is 14.8. The van der Waals surface area contributed by atoms with Crippen LogP contribution in [0.4, 0.5) is 0 Å². The van der Waals surface area contributed by atoms with Crippen molar-refractivity contribution in [2.45, 2.75) is 19.0 Å². The second-order valence-electron chi connectivity index (χ2n) is 4.77. The van der Waals surface area contributed by atoms with Crippen molar-refractivity contribution in [1.29, 1.82) is 0 Å². The Morgan fingerprint density at radius 3 is 2.71 bits per heavy atom. The number of likely N-dealkylation sites (N-methyl/N-ethyl adjacent to an activating group) is 1. The van der Waals surface area contributed by atoms with Gasteiger partial charge in [0.25, 0.3) is 0 Å². The number of likely N-dealkylation sites (tertiary alicyclic amines) is 1. The summed E-state index contributed by atoms with van der Waals surface area (Å²) in [5.74, 6) is 0.176. The maximum absolute atomic E-state index is 11.8. The second-order valence-corrected chi connectivity index (χ2v) is 4.77. The molecule has 1 aliphatic heterocycles. The lowest BCUT2D eigenvalue weighted by molar-refractivity contribution is -0.137. The third kappa shape index (κ3) is 2.52. The van der Waals surface area contributed by atoms with E-state index in [0.29, 0.717) is 12.4 Å². The molecule has 1 saturated heterocycles. The van der Waals surface area contributed by atoms with Crippen molar-refractivity contribution in [3.05, 3.63) is 36.2 Å². The number of hydrogen-bond donors (Lipinski definition) is 1. The van der Waals surface area contributed by atoms with Crippen molar-refractivity contribution in [2.24, 2.45) is 0 Å². The average molecular weight is 286 g/mol. The van der Waals surface area contributed by atoms with Crippen LogP contribution in [0.2, 0.25) is 0 Å². The van der Waals surface area contributed by atoms with Crippen molar-refractivity contribution in [3.8, 4) is 5.69 Å². The molecule has 8 nitrogen and oxygen atoms in total. The van der Waals surface area contributed by atoms with Crippen molar-refractivity contribution >= 4 is 11.8 Å². The summed E-state index contributed by atoms with van der Waals surface area (Å²) in [7, 11) is 1.49. The number of rotatable bonds is 4. The van der Waals surface area contributed by atoms with Gasteiger partial charge in [-0.2, -0.15) is 4.68 Å². The molecule has 1 aliphatic rings. The Bertz CT molecular complexity index is 668. The van der Waals surface area contributed by atoms with E-state index >= 15 is 0 Å². The van der Waals surface area contributed by atoms with Gasteiger partial charge in [0.2, 0.25) is 11.8 Å². The number of aromatic nitrogens is 4. The predicted molar refractivity (Wildman–Crippen MR) is 72.2 cm³/mol. The van der Waals surface area contributed by atoms with Gasteiger partial charge in [0.1, 0.15) is 0 Å². The Morgan fingerprint density at radius 1 is 1.29 bits per heavy atom. The van der Waals surface area contributed by atoms with Gasteiger partial charge in [0.15, 0.2) is 5.82 Å². The van der Waals surface area contributed by atoms with E-state index in [1.54, 1.807) is 4.68 Å². The molecule has 1 aromatic carbocycles. The third-order valence-corrected chi connectivity index (χ3v) is 3.42. The minimum atomic E-state index is -0.511. The van der Waals surface area contributed by atoms with Crippen LogP contribution in [0.1, 0.15) is 12.2 Å². The third-order valence-electron chi connectivity index (χ3n) is 3.42. The summed E-state index contributed by atoms with van der Waals surface area (Å²) in [5.41, 5.74) is 0.838. The number of amides is 2. The molecule has 0 radical (unpaired) electrons. The second kappa shape index (κ2) is 5.41. The maximum Gasteiger partial charge on any atom is 0.246 e. The molecule has 21 heavy (non-hydrogen) atoms. The van der Waals surface area contributed by atoms with Crippen LogP contribution in [0.5, 0.6) is 0 Å². The van der Waals surface area contributed by atoms with Crippen LogP contribution in [0.25, 0.3) is 5.69 Å². The van der Waals surface area contributed by atoms with Crippen molar-refractivity contribution < 1.29 is 9.59 Å². The highest BCUT2D eigenvalue weighted by molar-refractivity contribution is 6.05. The summed E-state index contributed by atoms with van der Waals surface area (Å²) in [6.45, 7) is 0.305. The lowest BCUT2D eigenvalue weighted by Gasteiger charge is -2.10. The predicted octanol–water partition coefficient (Wildman–Crippen LogP) is -0.491. The van der Waals surface area contributed by atoms with E-state index < -0.39 is 6.04 Å². The minimum Gasteiger partial charge on any atom is -0.298 e. The Kier molecular flexibility index (Phi) is 3.44. The summed E-state index contributed by atoms with van der Waals surface area (Å²) in [6, 6.07) is 8.95. The van der Waals surface area contributed by atoms with E-state index in [1.165, 1.54) is 7.05 Å². The molecule has 1 unspecified atom stereocenters. The normalized spacial score (nSPS) is 18.5. The van der Waals surface area contributed by atoms with E-state index in [1.807, 2.05) is 30.3 Å². The highest BCUT2D eigenvalue weighted by atomic mass is 16.2. The Hall–Kier alpha value is -2.61. The van der Waals surface area contributed by atoms with Crippen LogP contribution in [0, 0.1) is 0 Å². The standard InChI is InChI=1S/C13H14N6O2/c1-18-12(20)7-10(13(18)21)14-8-11-15-16-17-19(11)9-5-3-2-4-6-9/h2-6,10,14H,7-8H2,1H3. The van der Waals surface area contributed by atoms with Crippen LogP contribution >= 0.6 is 0 Å². The maximum atomic E-state index is 11.8. The fourth-order valence-electron chi connectivity index (χ4n) is 2.22. The van der Waals surface area contributed by atoms with Gasteiger partial charge in [-0.05, 0) is 22.6 Å². The number of hydrogen-bond acceptors (Lipinski definition) is 6. The van der Waals surface area contributed by atoms with E-state index in [4.69, 9.17) is 0 Å². The number of para-hydroxylation sites is 1. The summed E-state index contributed by atoms with van der Waals surface area (Å²) in [5, 5.41) is 14.6. The van der Waals surface area contributed by atoms with Gasteiger partial charge in [-0.3, -0.25) is 19.8 Å². The molecule has 0 bridgehead atoms. The highest BCUT2D eigenvalue weighted by Crippen LogP contribution is 2.12. The first kappa shape index (κ1) is 13.4. The summed E-state index contributed by atoms with van der Waals surface area (Å²) >= 11 is 0. The zero-order valence-corrected chi connectivity index (χ0v) is 11.4. The lowest BCUT2D eigenvalue weighted by atomic mass is 10.2. The Morgan fingerprint density at radius 2 is 2.05 bits per heavy atom. The number of imide groups is 1. The fourth-order valence-corrected chi connectivity index (χ4v) is 2.22. The van der Waals surface area contributed by atoms with Gasteiger partial charge in [-0.25, -0.2) is 0 Å². The molecule has 3 rings (SSSR count). The average Bonchev–Trinajstić information content (AvgIpc) is 3.07. The van der Waals surface area contributed by atoms with Crippen molar-refractivity contribution in [2.75, 3.05) is 7.05 Å². The molecule has 1 atom stereocenters. The molecule has 2 amide bonds. The number of benzene rings is 1. The van der Waals surface area contributed by atoms with Gasteiger partial charge in [-0.1, -0.05) is 18.2 Å². The van der Waals surface area contributed by atoms with Crippen molar-refractivity contribution in [1.82, 2.24) is 30.4 Å². The highest BCUT2D eigenvalue weighted by Gasteiger charge is 2.35. The summed E-state index contributed by atoms with van der Waals surface area (Å²) in [6.07, 6.45) is 0.169. The molecule has 108 valence electrons. The lowest BCUT2D eigenvalue weighted by Crippen LogP contribution is -2.37. The first-order valence-corrected chi connectivity index (χ1v) is 6.53. The SMILES string of the molecule is CN1C(=O)CC(NCc2nnnn2-c2ccccc2)C1=O. The number of nitrogens with zero attached hydrogens (tertiary/aromatic N) is 5. The molecule has 1 fully saturated rings. The summed E-state index contributed by atoms with van der Waals surface area (Å²) < 4.78 is 1.60. The largest absolute Gasteiger partial charge is 0.298 e. The van der Waals surface area contributed by atoms with Crippen LogP contribution in [0.15, 0.2) is 30.3 Å². The van der Waals surface area contributed by atoms with Gasteiger partial charge in [0.05, 0.1) is 24.7 Å².